The van der Waals surface area contributed by atoms with Crippen LogP contribution in [0.3, 0.4) is 0 Å². The van der Waals surface area contributed by atoms with Crippen LogP contribution in [0.4, 0.5) is 11.4 Å². The Kier molecular flexibility index (Phi) is 7.20. The second kappa shape index (κ2) is 12.2. The quantitative estimate of drug-likeness (QED) is 0.162. The molecule has 4 unspecified atom stereocenters. The van der Waals surface area contributed by atoms with Gasteiger partial charge in [-0.25, -0.2) is 0 Å². The van der Waals surface area contributed by atoms with Crippen LogP contribution in [-0.2, 0) is 0 Å². The summed E-state index contributed by atoms with van der Waals surface area (Å²) in [6, 6.07) is 38.1. The first-order chi connectivity index (χ1) is 25.2. The third-order valence-electron chi connectivity index (χ3n) is 11.5. The van der Waals surface area contributed by atoms with E-state index in [-0.39, 0.29) is 5.92 Å². The van der Waals surface area contributed by atoms with Crippen molar-refractivity contribution < 1.29 is 4.42 Å². The molecule has 3 nitrogen and oxygen atoms in total. The highest BCUT2D eigenvalue weighted by atomic mass is 16.3. The van der Waals surface area contributed by atoms with Crippen molar-refractivity contribution in [2.24, 2.45) is 5.92 Å². The Hall–Kier alpha value is -5.80. The largest absolute Gasteiger partial charge is 0.460 e. The summed E-state index contributed by atoms with van der Waals surface area (Å²) in [6.07, 6.45) is 24.8. The van der Waals surface area contributed by atoms with Crippen LogP contribution in [-0.4, -0.2) is 17.0 Å². The Balaban J connectivity index is 1.03. The van der Waals surface area contributed by atoms with Crippen LogP contribution in [0.15, 0.2) is 185 Å². The van der Waals surface area contributed by atoms with Gasteiger partial charge in [0, 0.05) is 45.6 Å². The van der Waals surface area contributed by atoms with Crippen molar-refractivity contribution in [1.29, 1.82) is 0 Å². The number of hydrogen-bond acceptors (Lipinski definition) is 3. The first-order valence-electron chi connectivity index (χ1n) is 18.4. The Labute approximate surface area is 300 Å². The molecule has 0 bridgehead atoms. The maximum Gasteiger partial charge on any atom is 0.134 e. The third kappa shape index (κ3) is 4.94. The molecular weight excluding hydrogens is 621 g/mol. The zero-order chi connectivity index (χ0) is 33.9. The summed E-state index contributed by atoms with van der Waals surface area (Å²) in [5.41, 5.74) is 13.9. The lowest BCUT2D eigenvalue weighted by Gasteiger charge is -2.35. The van der Waals surface area contributed by atoms with Gasteiger partial charge in [0.1, 0.15) is 11.3 Å². The smallest absolute Gasteiger partial charge is 0.134 e. The molecule has 3 aliphatic carbocycles. The number of furan rings is 1. The van der Waals surface area contributed by atoms with E-state index in [1.165, 1.54) is 50.2 Å². The molecule has 2 aliphatic heterocycles. The number of para-hydroxylation sites is 1. The number of fused-ring (bicyclic) bond motifs is 8. The van der Waals surface area contributed by atoms with Crippen LogP contribution in [0.1, 0.15) is 48.5 Å². The summed E-state index contributed by atoms with van der Waals surface area (Å²) in [7, 11) is 0. The van der Waals surface area contributed by atoms with Crippen molar-refractivity contribution in [2.45, 2.75) is 43.7 Å². The Bertz CT molecular complexity index is 2350. The SMILES string of the molecule is C=CCC1C2=CC(N(c3ccc(-c4ccccc4)cc3)c3ccc(C4CC=Cc5c4oc4ccccc54)cc3)=CCC2N2C1=CC1=CC=CCC12. The van der Waals surface area contributed by atoms with Gasteiger partial charge in [0.05, 0.1) is 12.1 Å². The highest BCUT2D eigenvalue weighted by Crippen LogP contribution is 2.52. The molecule has 10 rings (SSSR count). The second-order valence-electron chi connectivity index (χ2n) is 14.3. The van der Waals surface area contributed by atoms with Gasteiger partial charge in [-0.05, 0) is 96.0 Å². The molecule has 0 N–H and O–H groups in total. The lowest BCUT2D eigenvalue weighted by molar-refractivity contribution is 0.272. The minimum absolute atomic E-state index is 0.190. The highest BCUT2D eigenvalue weighted by Gasteiger charge is 2.47. The van der Waals surface area contributed by atoms with E-state index < -0.39 is 0 Å². The minimum Gasteiger partial charge on any atom is -0.460 e. The number of hydrogen-bond donors (Lipinski definition) is 0. The maximum absolute atomic E-state index is 6.48. The van der Waals surface area contributed by atoms with E-state index in [2.05, 4.69) is 174 Å². The molecule has 0 radical (unpaired) electrons. The molecule has 0 saturated carbocycles. The molecule has 3 heterocycles. The lowest BCUT2D eigenvalue weighted by Crippen LogP contribution is -2.37. The highest BCUT2D eigenvalue weighted by molar-refractivity contribution is 5.89. The van der Waals surface area contributed by atoms with E-state index in [0.29, 0.717) is 18.0 Å². The van der Waals surface area contributed by atoms with Crippen LogP contribution >= 0.6 is 0 Å². The van der Waals surface area contributed by atoms with E-state index in [1.54, 1.807) is 0 Å². The standard InChI is InChI=1S/C48H40N2O/c1-2-11-40-43-31-38(28-29-45(43)50-44-18-8-6-14-35(44)30-46(40)50)49(36-24-20-33(21-25-36)32-12-4-3-5-13-32)37-26-22-34(23-27-37)39-16-10-17-42-41-15-7-9-19-47(41)51-48(39)42/h2-10,12-15,17,19-28,30-31,39-40,44-45H,1,11,16,18,29H2. The number of benzene rings is 4. The van der Waals surface area contributed by atoms with Gasteiger partial charge in [-0.3, -0.25) is 0 Å². The van der Waals surface area contributed by atoms with Crippen molar-refractivity contribution in [3.63, 3.8) is 0 Å². The molecule has 3 heteroatoms. The van der Waals surface area contributed by atoms with E-state index in [1.807, 2.05) is 0 Å². The molecule has 4 atom stereocenters. The fraction of sp³-hybridized carbons (Fsp3) is 0.167. The van der Waals surface area contributed by atoms with E-state index in [4.69, 9.17) is 4.42 Å². The summed E-state index contributed by atoms with van der Waals surface area (Å²) < 4.78 is 6.48. The Morgan fingerprint density at radius 1 is 0.765 bits per heavy atom. The second-order valence-corrected chi connectivity index (χ2v) is 14.3. The molecule has 51 heavy (non-hydrogen) atoms. The minimum atomic E-state index is 0.190. The average molecular weight is 661 g/mol. The average Bonchev–Trinajstić information content (AvgIpc) is 3.85. The zero-order valence-corrected chi connectivity index (χ0v) is 28.7. The van der Waals surface area contributed by atoms with E-state index >= 15 is 0 Å². The molecule has 5 aliphatic rings. The number of rotatable bonds is 7. The summed E-state index contributed by atoms with van der Waals surface area (Å²) >= 11 is 0. The first-order valence-corrected chi connectivity index (χ1v) is 18.4. The van der Waals surface area contributed by atoms with Gasteiger partial charge in [-0.15, -0.1) is 6.58 Å². The molecular formula is C48H40N2O. The summed E-state index contributed by atoms with van der Waals surface area (Å²) in [5.74, 6) is 1.61. The summed E-state index contributed by atoms with van der Waals surface area (Å²) in [4.78, 5) is 5.17. The molecule has 5 aromatic rings. The Morgan fingerprint density at radius 3 is 2.35 bits per heavy atom. The van der Waals surface area contributed by atoms with Crippen molar-refractivity contribution in [1.82, 2.24) is 4.90 Å². The van der Waals surface area contributed by atoms with Crippen molar-refractivity contribution in [2.75, 3.05) is 4.90 Å². The van der Waals surface area contributed by atoms with E-state index in [9.17, 15) is 0 Å². The molecule has 0 spiro atoms. The van der Waals surface area contributed by atoms with Gasteiger partial charge >= 0.3 is 0 Å². The van der Waals surface area contributed by atoms with Crippen molar-refractivity contribution in [3.8, 4) is 11.1 Å². The van der Waals surface area contributed by atoms with Crippen LogP contribution < -0.4 is 4.90 Å². The molecule has 4 aromatic carbocycles. The molecule has 1 saturated heterocycles. The number of allylic oxidation sites excluding steroid dienone is 6. The third-order valence-corrected chi connectivity index (χ3v) is 11.5. The van der Waals surface area contributed by atoms with E-state index in [0.717, 1.165) is 48.4 Å². The normalized spacial score (nSPS) is 22.7. The van der Waals surface area contributed by atoms with Crippen LogP contribution in [0.2, 0.25) is 0 Å². The van der Waals surface area contributed by atoms with Crippen molar-refractivity contribution in [3.05, 3.63) is 198 Å². The van der Waals surface area contributed by atoms with Crippen LogP contribution in [0.25, 0.3) is 28.2 Å². The monoisotopic (exact) mass is 660 g/mol. The van der Waals surface area contributed by atoms with Gasteiger partial charge in [0.2, 0.25) is 0 Å². The first kappa shape index (κ1) is 30.1. The topological polar surface area (TPSA) is 19.6 Å². The molecule has 0 amide bonds. The van der Waals surface area contributed by atoms with Gasteiger partial charge < -0.3 is 14.2 Å². The predicted octanol–water partition coefficient (Wildman–Crippen LogP) is 12.0. The molecule has 1 fully saturated rings. The van der Waals surface area contributed by atoms with Gasteiger partial charge in [-0.1, -0.05) is 115 Å². The summed E-state index contributed by atoms with van der Waals surface area (Å²) in [5, 5.41) is 1.19. The Morgan fingerprint density at radius 2 is 1.53 bits per heavy atom. The lowest BCUT2D eigenvalue weighted by atomic mass is 9.85. The number of anilines is 2. The van der Waals surface area contributed by atoms with Gasteiger partial charge in [0.15, 0.2) is 0 Å². The van der Waals surface area contributed by atoms with Crippen LogP contribution in [0.5, 0.6) is 0 Å². The zero-order valence-electron chi connectivity index (χ0n) is 28.7. The fourth-order valence-corrected chi connectivity index (χ4v) is 9.17. The number of nitrogens with zero attached hydrogens (tertiary/aromatic N) is 2. The molecule has 248 valence electrons. The van der Waals surface area contributed by atoms with Gasteiger partial charge in [-0.2, -0.15) is 0 Å². The van der Waals surface area contributed by atoms with Crippen molar-refractivity contribution >= 4 is 28.4 Å². The van der Waals surface area contributed by atoms with Gasteiger partial charge in [0.25, 0.3) is 0 Å². The fourth-order valence-electron chi connectivity index (χ4n) is 9.17. The maximum atomic E-state index is 6.48. The summed E-state index contributed by atoms with van der Waals surface area (Å²) in [6.45, 7) is 4.19. The van der Waals surface area contributed by atoms with Crippen LogP contribution in [0, 0.1) is 5.92 Å². The predicted molar refractivity (Wildman–Crippen MR) is 211 cm³/mol. The molecule has 1 aromatic heterocycles.